The Labute approximate surface area is 159 Å². The van der Waals surface area contributed by atoms with Crippen molar-refractivity contribution in [3.8, 4) is 0 Å². The van der Waals surface area contributed by atoms with Gasteiger partial charge in [-0.2, -0.15) is 0 Å². The Hall–Kier alpha value is -3.63. The molecule has 28 heavy (non-hydrogen) atoms. The summed E-state index contributed by atoms with van der Waals surface area (Å²) >= 11 is 0. The van der Waals surface area contributed by atoms with Crippen molar-refractivity contribution in [2.24, 2.45) is 10.9 Å². The zero-order valence-electron chi connectivity index (χ0n) is 15.3. The molecule has 2 unspecified atom stereocenters. The van der Waals surface area contributed by atoms with E-state index in [0.717, 1.165) is 7.11 Å². The molecule has 0 spiro atoms. The molecular formula is C17H17N3O8. The Kier molecular flexibility index (Phi) is 6.18. The number of methoxy groups -OCH3 is 1. The van der Waals surface area contributed by atoms with Gasteiger partial charge in [-0.05, 0) is 13.8 Å². The monoisotopic (exact) mass is 391 g/mol. The van der Waals surface area contributed by atoms with Gasteiger partial charge < -0.3 is 9.47 Å². The van der Waals surface area contributed by atoms with Crippen LogP contribution in [-0.2, 0) is 19.1 Å². The molecule has 0 fully saturated rings. The normalized spacial score (nSPS) is 18.9. The number of hydrogen-bond donors (Lipinski definition) is 0. The Morgan fingerprint density at radius 3 is 2.39 bits per heavy atom. The highest BCUT2D eigenvalue weighted by Gasteiger charge is 2.44. The van der Waals surface area contributed by atoms with Crippen molar-refractivity contribution in [1.82, 2.24) is 0 Å². The summed E-state index contributed by atoms with van der Waals surface area (Å²) in [5.41, 5.74) is 0.0256. The summed E-state index contributed by atoms with van der Waals surface area (Å²) in [5, 5.41) is 22.1. The average Bonchev–Trinajstić information content (AvgIpc) is 2.64. The van der Waals surface area contributed by atoms with Crippen molar-refractivity contribution < 1.29 is 28.9 Å². The second kappa shape index (κ2) is 8.37. The van der Waals surface area contributed by atoms with Crippen LogP contribution in [0.15, 0.2) is 40.5 Å². The molecule has 2 rings (SSSR count). The maximum atomic E-state index is 12.6. The van der Waals surface area contributed by atoms with Crippen LogP contribution in [0.3, 0.4) is 0 Å². The van der Waals surface area contributed by atoms with Crippen molar-refractivity contribution >= 4 is 23.3 Å². The van der Waals surface area contributed by atoms with Gasteiger partial charge in [0.15, 0.2) is 0 Å². The van der Waals surface area contributed by atoms with Crippen LogP contribution < -0.4 is 0 Å². The molecular weight excluding hydrogens is 374 g/mol. The lowest BCUT2D eigenvalue weighted by atomic mass is 9.75. The number of allylic oxidation sites excluding steroid dienone is 1. The number of esters is 2. The average molecular weight is 391 g/mol. The smallest absolute Gasteiger partial charge is 0.346 e. The largest absolute Gasteiger partial charge is 0.468 e. The first-order chi connectivity index (χ1) is 13.2. The van der Waals surface area contributed by atoms with Gasteiger partial charge in [-0.3, -0.25) is 30.0 Å². The van der Waals surface area contributed by atoms with Crippen molar-refractivity contribution in [3.05, 3.63) is 61.3 Å². The molecule has 2 atom stereocenters. The second-order valence-corrected chi connectivity index (χ2v) is 5.94. The van der Waals surface area contributed by atoms with Crippen molar-refractivity contribution in [3.63, 3.8) is 0 Å². The Morgan fingerprint density at radius 2 is 1.82 bits per heavy atom. The molecule has 0 saturated carbocycles. The topological polar surface area (TPSA) is 151 Å². The molecule has 0 aromatic heterocycles. The van der Waals surface area contributed by atoms with E-state index in [0.29, 0.717) is 5.71 Å². The van der Waals surface area contributed by atoms with E-state index in [2.05, 4.69) is 9.73 Å². The fourth-order valence-electron chi connectivity index (χ4n) is 3.18. The molecule has 1 aliphatic heterocycles. The van der Waals surface area contributed by atoms with Crippen LogP contribution in [0.5, 0.6) is 0 Å². The highest BCUT2D eigenvalue weighted by Crippen LogP contribution is 2.43. The minimum atomic E-state index is -1.15. The van der Waals surface area contributed by atoms with E-state index in [4.69, 9.17) is 4.74 Å². The lowest BCUT2D eigenvalue weighted by Gasteiger charge is -2.30. The van der Waals surface area contributed by atoms with E-state index in [1.165, 1.54) is 38.1 Å². The van der Waals surface area contributed by atoms with Gasteiger partial charge in [0.25, 0.3) is 5.69 Å². The third-order valence-electron chi connectivity index (χ3n) is 4.27. The van der Waals surface area contributed by atoms with Gasteiger partial charge in [-0.25, -0.2) is 4.79 Å². The standard InChI is InChI=1S/C17H17N3O8/c1-9-13(16(21)27-3)15(11-6-4-5-7-12(11)20(25)26)14(10(2)18-9)17(22)28-8-19(23)24/h4-7,13,15H,8H2,1-3H3. The molecule has 0 amide bonds. The zero-order chi connectivity index (χ0) is 21.0. The number of nitro groups is 2. The van der Waals surface area contributed by atoms with Crippen molar-refractivity contribution in [2.75, 3.05) is 13.8 Å². The van der Waals surface area contributed by atoms with Crippen molar-refractivity contribution in [2.45, 2.75) is 19.8 Å². The number of hydrogen-bond acceptors (Lipinski definition) is 9. The number of nitrogens with zero attached hydrogens (tertiary/aromatic N) is 3. The number of para-hydroxylation sites is 1. The first kappa shape index (κ1) is 20.7. The zero-order valence-corrected chi connectivity index (χ0v) is 15.3. The lowest BCUT2D eigenvalue weighted by molar-refractivity contribution is -0.518. The molecule has 0 saturated heterocycles. The molecule has 148 valence electrons. The van der Waals surface area contributed by atoms with Crippen LogP contribution in [0.25, 0.3) is 0 Å². The van der Waals surface area contributed by atoms with E-state index >= 15 is 0 Å². The summed E-state index contributed by atoms with van der Waals surface area (Å²) in [6, 6.07) is 5.61. The molecule has 0 bridgehead atoms. The van der Waals surface area contributed by atoms with Crippen LogP contribution in [0.4, 0.5) is 5.69 Å². The molecule has 0 radical (unpaired) electrons. The summed E-state index contributed by atoms with van der Waals surface area (Å²) < 4.78 is 9.48. The quantitative estimate of drug-likeness (QED) is 0.309. The first-order valence-corrected chi connectivity index (χ1v) is 8.05. The van der Waals surface area contributed by atoms with Gasteiger partial charge in [0.05, 0.1) is 22.5 Å². The molecule has 1 aromatic carbocycles. The molecule has 1 aromatic rings. The Morgan fingerprint density at radius 1 is 1.18 bits per heavy atom. The summed E-state index contributed by atoms with van der Waals surface area (Å²) in [6.07, 6.45) is 0. The maximum Gasteiger partial charge on any atom is 0.346 e. The molecule has 0 aliphatic carbocycles. The van der Waals surface area contributed by atoms with E-state index < -0.39 is 40.4 Å². The number of benzene rings is 1. The number of carbonyl (C=O) groups is 2. The highest BCUT2D eigenvalue weighted by atomic mass is 16.7. The molecule has 0 N–H and O–H groups in total. The van der Waals surface area contributed by atoms with E-state index in [-0.39, 0.29) is 22.5 Å². The molecule has 1 heterocycles. The second-order valence-electron chi connectivity index (χ2n) is 5.94. The third kappa shape index (κ3) is 4.03. The number of ether oxygens (including phenoxy) is 2. The van der Waals surface area contributed by atoms with Crippen LogP contribution in [-0.4, -0.2) is 41.3 Å². The molecule has 11 heteroatoms. The number of carbonyl (C=O) groups excluding carboxylic acids is 2. The molecule has 1 aliphatic rings. The van der Waals surface area contributed by atoms with Gasteiger partial charge in [0, 0.05) is 29.0 Å². The maximum absolute atomic E-state index is 12.6. The van der Waals surface area contributed by atoms with Gasteiger partial charge >= 0.3 is 18.7 Å². The number of nitro benzene ring substituents is 1. The predicted octanol–water partition coefficient (Wildman–Crippen LogP) is 1.99. The van der Waals surface area contributed by atoms with Crippen LogP contribution in [0.1, 0.15) is 25.3 Å². The fraction of sp³-hybridized carbons (Fsp3) is 0.353. The van der Waals surface area contributed by atoms with E-state index in [1.807, 2.05) is 0 Å². The number of rotatable bonds is 6. The molecule has 11 nitrogen and oxygen atoms in total. The SMILES string of the molecule is COC(=O)C1C(C)=NC(C)=C(C(=O)OC[N+](=O)[O-])C1c1ccccc1[N+](=O)[O-]. The Bertz CT molecular complexity index is 905. The fourth-order valence-corrected chi connectivity index (χ4v) is 3.18. The van der Waals surface area contributed by atoms with E-state index in [9.17, 15) is 29.8 Å². The predicted molar refractivity (Wildman–Crippen MR) is 95.1 cm³/mol. The summed E-state index contributed by atoms with van der Waals surface area (Å²) in [5.74, 6) is -4.11. The van der Waals surface area contributed by atoms with Gasteiger partial charge in [-0.15, -0.1) is 0 Å². The summed E-state index contributed by atoms with van der Waals surface area (Å²) in [6.45, 7) is 1.90. The summed E-state index contributed by atoms with van der Waals surface area (Å²) in [4.78, 5) is 49.7. The minimum Gasteiger partial charge on any atom is -0.468 e. The van der Waals surface area contributed by atoms with Gasteiger partial charge in [0.1, 0.15) is 5.92 Å². The summed E-state index contributed by atoms with van der Waals surface area (Å²) in [7, 11) is 1.14. The van der Waals surface area contributed by atoms with Gasteiger partial charge in [0.2, 0.25) is 0 Å². The Balaban J connectivity index is 2.70. The van der Waals surface area contributed by atoms with E-state index in [1.54, 1.807) is 0 Å². The van der Waals surface area contributed by atoms with Crippen LogP contribution >= 0.6 is 0 Å². The lowest BCUT2D eigenvalue weighted by Crippen LogP contribution is -2.36. The van der Waals surface area contributed by atoms with Gasteiger partial charge in [-0.1, -0.05) is 18.2 Å². The van der Waals surface area contributed by atoms with Crippen molar-refractivity contribution in [1.29, 1.82) is 0 Å². The first-order valence-electron chi connectivity index (χ1n) is 8.05. The minimum absolute atomic E-state index is 0.0737. The number of aliphatic imine (C=N–C) groups is 1. The third-order valence-corrected chi connectivity index (χ3v) is 4.27. The van der Waals surface area contributed by atoms with Crippen LogP contribution in [0, 0.1) is 26.1 Å². The van der Waals surface area contributed by atoms with Crippen LogP contribution in [0.2, 0.25) is 0 Å². The highest BCUT2D eigenvalue weighted by molar-refractivity contribution is 6.07.